The van der Waals surface area contributed by atoms with Gasteiger partial charge in [0.25, 0.3) is 0 Å². The monoisotopic (exact) mass is 198 g/mol. The molecule has 84 valence electrons. The molecular weight excluding hydrogens is 172 g/mol. The van der Waals surface area contributed by atoms with Crippen LogP contribution in [0.4, 0.5) is 0 Å². The van der Waals surface area contributed by atoms with Gasteiger partial charge in [-0.15, -0.1) is 0 Å². The molecule has 1 fully saturated rings. The minimum Gasteiger partial charge on any atom is -0.314 e. The van der Waals surface area contributed by atoms with Crippen LogP contribution in [0.2, 0.25) is 0 Å². The Hall–Kier alpha value is -0.0800. The van der Waals surface area contributed by atoms with Crippen molar-refractivity contribution in [1.29, 1.82) is 0 Å². The molecule has 1 aliphatic heterocycles. The lowest BCUT2D eigenvalue weighted by molar-refractivity contribution is 0.284. The van der Waals surface area contributed by atoms with E-state index in [-0.39, 0.29) is 0 Å². The highest BCUT2D eigenvalue weighted by Gasteiger charge is 2.12. The van der Waals surface area contributed by atoms with Crippen LogP contribution in [-0.2, 0) is 0 Å². The van der Waals surface area contributed by atoms with E-state index in [2.05, 4.69) is 24.2 Å². The number of rotatable bonds is 6. The number of unbranched alkanes of at least 4 members (excludes halogenated alkanes) is 1. The first-order valence-electron chi connectivity index (χ1n) is 6.25. The average Bonchev–Trinajstić information content (AvgIpc) is 2.25. The molecule has 1 heterocycles. The Kier molecular flexibility index (Phi) is 6.20. The van der Waals surface area contributed by atoms with Gasteiger partial charge in [0.05, 0.1) is 0 Å². The van der Waals surface area contributed by atoms with E-state index < -0.39 is 0 Å². The smallest absolute Gasteiger partial charge is 0.00792 e. The molecule has 0 aromatic carbocycles. The number of nitrogens with zero attached hydrogens (tertiary/aromatic N) is 1. The van der Waals surface area contributed by atoms with Crippen molar-refractivity contribution in [3.05, 3.63) is 0 Å². The fourth-order valence-corrected chi connectivity index (χ4v) is 2.09. The van der Waals surface area contributed by atoms with E-state index in [4.69, 9.17) is 0 Å². The molecule has 0 bridgehead atoms. The van der Waals surface area contributed by atoms with E-state index in [9.17, 15) is 0 Å². The van der Waals surface area contributed by atoms with Crippen LogP contribution in [0.3, 0.4) is 0 Å². The highest BCUT2D eigenvalue weighted by Crippen LogP contribution is 2.10. The van der Waals surface area contributed by atoms with Crippen LogP contribution in [0.1, 0.15) is 45.4 Å². The highest BCUT2D eigenvalue weighted by atomic mass is 15.1. The van der Waals surface area contributed by atoms with Gasteiger partial charge in [0.2, 0.25) is 0 Å². The Morgan fingerprint density at radius 3 is 2.79 bits per heavy atom. The minimum atomic E-state index is 0.799. The number of hydrogen-bond acceptors (Lipinski definition) is 2. The zero-order valence-corrected chi connectivity index (χ0v) is 9.89. The second-order valence-electron chi connectivity index (χ2n) is 4.59. The van der Waals surface area contributed by atoms with Gasteiger partial charge in [-0.1, -0.05) is 19.8 Å². The van der Waals surface area contributed by atoms with Crippen molar-refractivity contribution in [2.75, 3.05) is 26.7 Å². The maximum absolute atomic E-state index is 3.60. The molecule has 0 aliphatic carbocycles. The van der Waals surface area contributed by atoms with Crippen LogP contribution in [0.15, 0.2) is 0 Å². The lowest BCUT2D eigenvalue weighted by atomic mass is 10.0. The highest BCUT2D eigenvalue weighted by molar-refractivity contribution is 4.73. The van der Waals surface area contributed by atoms with E-state index in [0.29, 0.717) is 0 Å². The fourth-order valence-electron chi connectivity index (χ4n) is 2.09. The molecule has 0 unspecified atom stereocenters. The van der Waals surface area contributed by atoms with Crippen LogP contribution in [0.5, 0.6) is 0 Å². The SMILES string of the molecule is CCCCN(C)CC[C@H]1CCCCN1. The first-order chi connectivity index (χ1) is 6.83. The molecule has 0 aromatic heterocycles. The van der Waals surface area contributed by atoms with Gasteiger partial charge < -0.3 is 10.2 Å². The van der Waals surface area contributed by atoms with E-state index in [1.54, 1.807) is 0 Å². The van der Waals surface area contributed by atoms with Gasteiger partial charge in [-0.2, -0.15) is 0 Å². The molecule has 1 saturated heterocycles. The molecule has 1 rings (SSSR count). The zero-order chi connectivity index (χ0) is 10.2. The summed E-state index contributed by atoms with van der Waals surface area (Å²) in [5.41, 5.74) is 0. The van der Waals surface area contributed by atoms with Crippen molar-refractivity contribution in [2.45, 2.75) is 51.5 Å². The van der Waals surface area contributed by atoms with Crippen LogP contribution in [-0.4, -0.2) is 37.6 Å². The van der Waals surface area contributed by atoms with E-state index in [1.807, 2.05) is 0 Å². The molecule has 1 atom stereocenters. The molecule has 14 heavy (non-hydrogen) atoms. The Labute approximate surface area is 89.1 Å². The third kappa shape index (κ3) is 4.97. The fraction of sp³-hybridized carbons (Fsp3) is 1.00. The molecule has 1 N–H and O–H groups in total. The van der Waals surface area contributed by atoms with Crippen molar-refractivity contribution >= 4 is 0 Å². The Morgan fingerprint density at radius 1 is 1.29 bits per heavy atom. The first kappa shape index (κ1) is 12.0. The molecular formula is C12H26N2. The van der Waals surface area contributed by atoms with Gasteiger partial charge in [-0.3, -0.25) is 0 Å². The number of hydrogen-bond donors (Lipinski definition) is 1. The van der Waals surface area contributed by atoms with Gasteiger partial charge in [0.1, 0.15) is 0 Å². The maximum Gasteiger partial charge on any atom is 0.00792 e. The molecule has 0 amide bonds. The quantitative estimate of drug-likeness (QED) is 0.704. The van der Waals surface area contributed by atoms with E-state index in [0.717, 1.165) is 6.04 Å². The third-order valence-corrected chi connectivity index (χ3v) is 3.17. The maximum atomic E-state index is 3.60. The predicted molar refractivity (Wildman–Crippen MR) is 62.7 cm³/mol. The van der Waals surface area contributed by atoms with Gasteiger partial charge >= 0.3 is 0 Å². The number of piperidine rings is 1. The Morgan fingerprint density at radius 2 is 2.14 bits per heavy atom. The molecule has 0 saturated carbocycles. The Balaban J connectivity index is 2.00. The summed E-state index contributed by atoms with van der Waals surface area (Å²) < 4.78 is 0. The summed E-state index contributed by atoms with van der Waals surface area (Å²) in [5, 5.41) is 3.60. The second-order valence-corrected chi connectivity index (χ2v) is 4.59. The van der Waals surface area contributed by atoms with Crippen molar-refractivity contribution in [1.82, 2.24) is 10.2 Å². The Bertz CT molecular complexity index is 130. The van der Waals surface area contributed by atoms with Crippen LogP contribution in [0.25, 0.3) is 0 Å². The summed E-state index contributed by atoms with van der Waals surface area (Å²) in [6.45, 7) is 6.03. The lowest BCUT2D eigenvalue weighted by Gasteiger charge is -2.25. The summed E-state index contributed by atoms with van der Waals surface area (Å²) in [5.74, 6) is 0. The van der Waals surface area contributed by atoms with Crippen LogP contribution in [0, 0.1) is 0 Å². The molecule has 0 aromatic rings. The molecule has 1 aliphatic rings. The topological polar surface area (TPSA) is 15.3 Å². The summed E-state index contributed by atoms with van der Waals surface area (Å²) in [4.78, 5) is 2.47. The second kappa shape index (κ2) is 7.24. The summed E-state index contributed by atoms with van der Waals surface area (Å²) in [7, 11) is 2.25. The average molecular weight is 198 g/mol. The van der Waals surface area contributed by atoms with E-state index in [1.165, 1.54) is 58.2 Å². The van der Waals surface area contributed by atoms with Gasteiger partial charge in [0.15, 0.2) is 0 Å². The minimum absolute atomic E-state index is 0.799. The van der Waals surface area contributed by atoms with Crippen LogP contribution < -0.4 is 5.32 Å². The van der Waals surface area contributed by atoms with E-state index >= 15 is 0 Å². The molecule has 0 radical (unpaired) electrons. The normalized spacial score (nSPS) is 22.9. The van der Waals surface area contributed by atoms with Gasteiger partial charge in [0, 0.05) is 6.04 Å². The van der Waals surface area contributed by atoms with Crippen LogP contribution >= 0.6 is 0 Å². The first-order valence-corrected chi connectivity index (χ1v) is 6.25. The zero-order valence-electron chi connectivity index (χ0n) is 9.89. The summed E-state index contributed by atoms with van der Waals surface area (Å²) in [6, 6.07) is 0.799. The molecule has 2 heteroatoms. The van der Waals surface area contributed by atoms with Crippen molar-refractivity contribution in [3.8, 4) is 0 Å². The molecule has 0 spiro atoms. The largest absolute Gasteiger partial charge is 0.314 e. The van der Waals surface area contributed by atoms with Gasteiger partial charge in [-0.05, 0) is 52.4 Å². The van der Waals surface area contributed by atoms with Crippen molar-refractivity contribution in [3.63, 3.8) is 0 Å². The summed E-state index contributed by atoms with van der Waals surface area (Å²) >= 11 is 0. The van der Waals surface area contributed by atoms with Gasteiger partial charge in [-0.25, -0.2) is 0 Å². The van der Waals surface area contributed by atoms with Crippen molar-refractivity contribution < 1.29 is 0 Å². The third-order valence-electron chi connectivity index (χ3n) is 3.17. The molecule has 2 nitrogen and oxygen atoms in total. The number of nitrogens with one attached hydrogen (secondary N) is 1. The lowest BCUT2D eigenvalue weighted by Crippen LogP contribution is -2.36. The van der Waals surface area contributed by atoms with Crippen molar-refractivity contribution in [2.24, 2.45) is 0 Å². The summed E-state index contributed by atoms with van der Waals surface area (Å²) in [6.07, 6.45) is 8.18. The standard InChI is InChI=1S/C12H26N2/c1-3-4-10-14(2)11-8-12-7-5-6-9-13-12/h12-13H,3-11H2,1-2H3/t12-/m1/s1. The predicted octanol–water partition coefficient (Wildman–Crippen LogP) is 2.25.